The van der Waals surface area contributed by atoms with E-state index in [4.69, 9.17) is 16.3 Å². The number of ether oxygens (including phenoxy) is 1. The highest BCUT2D eigenvalue weighted by molar-refractivity contribution is 6.28. The molecule has 1 aliphatic rings. The summed E-state index contributed by atoms with van der Waals surface area (Å²) in [7, 11) is 0. The molecule has 5 rings (SSSR count). The molecule has 10 heteroatoms. The van der Waals surface area contributed by atoms with Crippen molar-refractivity contribution in [2.45, 2.75) is 6.54 Å². The lowest BCUT2D eigenvalue weighted by Crippen LogP contribution is -2.35. The van der Waals surface area contributed by atoms with Gasteiger partial charge in [-0.25, -0.2) is 4.98 Å². The monoisotopic (exact) mass is 463 g/mol. The predicted octanol–water partition coefficient (Wildman–Crippen LogP) is 3.83. The predicted molar refractivity (Wildman–Crippen MR) is 127 cm³/mol. The molecule has 3 N–H and O–H groups in total. The second-order valence-corrected chi connectivity index (χ2v) is 8.02. The van der Waals surface area contributed by atoms with Gasteiger partial charge < -0.3 is 15.4 Å². The highest BCUT2D eigenvalue weighted by atomic mass is 35.5. The van der Waals surface area contributed by atoms with Crippen molar-refractivity contribution in [3.8, 4) is 0 Å². The first-order chi connectivity index (χ1) is 16.2. The van der Waals surface area contributed by atoms with Crippen LogP contribution < -0.4 is 10.6 Å². The van der Waals surface area contributed by atoms with Gasteiger partial charge in [-0.15, -0.1) is 0 Å². The van der Waals surface area contributed by atoms with E-state index in [9.17, 15) is 4.79 Å². The zero-order valence-electron chi connectivity index (χ0n) is 17.7. The molecule has 1 saturated heterocycles. The third-order valence-electron chi connectivity index (χ3n) is 5.42. The molecule has 1 aliphatic heterocycles. The number of rotatable bonds is 6. The number of anilines is 3. The second kappa shape index (κ2) is 9.53. The van der Waals surface area contributed by atoms with E-state index in [-0.39, 0.29) is 16.9 Å². The van der Waals surface area contributed by atoms with Gasteiger partial charge in [0.1, 0.15) is 11.5 Å². The molecule has 0 saturated carbocycles. The van der Waals surface area contributed by atoms with Crippen LogP contribution in [0, 0.1) is 0 Å². The molecular weight excluding hydrogens is 442 g/mol. The zero-order valence-corrected chi connectivity index (χ0v) is 18.5. The number of carbonyl (C=O) groups is 1. The molecule has 0 radical (unpaired) electrons. The van der Waals surface area contributed by atoms with Crippen LogP contribution in [0.4, 0.5) is 17.2 Å². The maximum Gasteiger partial charge on any atom is 0.275 e. The minimum absolute atomic E-state index is 0.114. The molecule has 33 heavy (non-hydrogen) atoms. The maximum absolute atomic E-state index is 12.9. The van der Waals surface area contributed by atoms with Crippen LogP contribution in [0.25, 0.3) is 10.9 Å². The average Bonchev–Trinajstić information content (AvgIpc) is 3.29. The number of H-pyrrole nitrogens is 1. The molecule has 0 atom stereocenters. The van der Waals surface area contributed by atoms with Gasteiger partial charge in [0.2, 0.25) is 5.28 Å². The lowest BCUT2D eigenvalue weighted by atomic mass is 10.2. The first-order valence-corrected chi connectivity index (χ1v) is 11.0. The van der Waals surface area contributed by atoms with E-state index in [0.29, 0.717) is 22.7 Å². The molecule has 9 nitrogen and oxygen atoms in total. The van der Waals surface area contributed by atoms with Crippen molar-refractivity contribution in [1.82, 2.24) is 25.1 Å². The molecule has 2 aromatic heterocycles. The smallest absolute Gasteiger partial charge is 0.275 e. The van der Waals surface area contributed by atoms with Crippen LogP contribution in [-0.2, 0) is 11.3 Å². The van der Waals surface area contributed by atoms with E-state index in [1.165, 1.54) is 11.8 Å². The Balaban J connectivity index is 1.29. The maximum atomic E-state index is 12.9. The summed E-state index contributed by atoms with van der Waals surface area (Å²) in [5, 5.41) is 13.7. The normalized spacial score (nSPS) is 14.3. The van der Waals surface area contributed by atoms with Crippen molar-refractivity contribution in [3.63, 3.8) is 0 Å². The van der Waals surface area contributed by atoms with E-state index in [1.807, 2.05) is 48.5 Å². The Morgan fingerprint density at radius 3 is 2.70 bits per heavy atom. The Bertz CT molecular complexity index is 1270. The SMILES string of the molecule is O=C(Nc1ccc(CN2CCOCC2)cc1)c1[nH]ncc1Nc1nc(Cl)nc2ccccc12. The first-order valence-electron chi connectivity index (χ1n) is 10.6. The fourth-order valence-electron chi connectivity index (χ4n) is 3.73. The zero-order chi connectivity index (χ0) is 22.6. The molecule has 168 valence electrons. The van der Waals surface area contributed by atoms with Crippen molar-refractivity contribution in [3.05, 3.63) is 71.3 Å². The van der Waals surface area contributed by atoms with Gasteiger partial charge in [-0.3, -0.25) is 14.8 Å². The van der Waals surface area contributed by atoms with Gasteiger partial charge in [0.25, 0.3) is 5.91 Å². The number of nitrogens with zero attached hydrogens (tertiary/aromatic N) is 4. The fraction of sp³-hybridized carbons (Fsp3) is 0.217. The number of para-hydroxylation sites is 1. The quantitative estimate of drug-likeness (QED) is 0.373. The van der Waals surface area contributed by atoms with Gasteiger partial charge in [0.15, 0.2) is 0 Å². The third kappa shape index (κ3) is 4.95. The molecular formula is C23H22ClN7O2. The van der Waals surface area contributed by atoms with Crippen LogP contribution in [0.2, 0.25) is 5.28 Å². The molecule has 0 aliphatic carbocycles. The minimum atomic E-state index is -0.319. The van der Waals surface area contributed by atoms with Crippen LogP contribution in [0.1, 0.15) is 16.1 Å². The molecule has 2 aromatic carbocycles. The third-order valence-corrected chi connectivity index (χ3v) is 5.59. The molecule has 0 spiro atoms. The van der Waals surface area contributed by atoms with E-state index in [1.54, 1.807) is 0 Å². The Morgan fingerprint density at radius 1 is 1.09 bits per heavy atom. The van der Waals surface area contributed by atoms with Gasteiger partial charge >= 0.3 is 0 Å². The van der Waals surface area contributed by atoms with Crippen LogP contribution in [0.5, 0.6) is 0 Å². The molecule has 0 unspecified atom stereocenters. The number of hydrogen-bond acceptors (Lipinski definition) is 7. The van der Waals surface area contributed by atoms with E-state index in [0.717, 1.165) is 38.2 Å². The number of nitrogens with one attached hydrogen (secondary N) is 3. The molecule has 0 bridgehead atoms. The summed E-state index contributed by atoms with van der Waals surface area (Å²) in [5.74, 6) is 0.175. The summed E-state index contributed by atoms with van der Waals surface area (Å²) < 4.78 is 5.39. The fourth-order valence-corrected chi connectivity index (χ4v) is 3.91. The summed E-state index contributed by atoms with van der Waals surface area (Å²) in [6, 6.07) is 15.3. The Hall–Kier alpha value is -3.53. The number of aromatic nitrogens is 4. The molecule has 3 heterocycles. The van der Waals surface area contributed by atoms with E-state index < -0.39 is 0 Å². The van der Waals surface area contributed by atoms with Crippen LogP contribution in [0.3, 0.4) is 0 Å². The largest absolute Gasteiger partial charge is 0.379 e. The number of fused-ring (bicyclic) bond motifs is 1. The molecule has 1 fully saturated rings. The molecule has 4 aromatic rings. The Kier molecular flexibility index (Phi) is 6.16. The van der Waals surface area contributed by atoms with Crippen LogP contribution >= 0.6 is 11.6 Å². The van der Waals surface area contributed by atoms with Crippen molar-refractivity contribution in [2.24, 2.45) is 0 Å². The number of carbonyl (C=O) groups excluding carboxylic acids is 1. The summed E-state index contributed by atoms with van der Waals surface area (Å²) in [6.45, 7) is 4.26. The number of benzene rings is 2. The Labute approximate surface area is 195 Å². The van der Waals surface area contributed by atoms with Crippen molar-refractivity contribution in [2.75, 3.05) is 36.9 Å². The number of morpholine rings is 1. The van der Waals surface area contributed by atoms with E-state index in [2.05, 4.69) is 35.7 Å². The Morgan fingerprint density at radius 2 is 1.88 bits per heavy atom. The number of hydrogen-bond donors (Lipinski definition) is 3. The van der Waals surface area contributed by atoms with Gasteiger partial charge in [0.05, 0.1) is 30.6 Å². The van der Waals surface area contributed by atoms with Crippen molar-refractivity contribution >= 4 is 45.6 Å². The summed E-state index contributed by atoms with van der Waals surface area (Å²) >= 11 is 6.07. The highest BCUT2D eigenvalue weighted by Gasteiger charge is 2.17. The van der Waals surface area contributed by atoms with Crippen LogP contribution in [0.15, 0.2) is 54.7 Å². The standard InChI is InChI=1S/C23H22ClN7O2/c24-23-28-18-4-2-1-3-17(18)21(29-23)27-19-13-25-30-20(19)22(32)26-16-7-5-15(6-8-16)14-31-9-11-33-12-10-31/h1-8,13H,9-12,14H2,(H,25,30)(H,26,32)(H,27,28,29). The lowest BCUT2D eigenvalue weighted by molar-refractivity contribution is 0.0342. The average molecular weight is 464 g/mol. The van der Waals surface area contributed by atoms with Gasteiger partial charge in [-0.05, 0) is 41.4 Å². The number of aromatic amines is 1. The summed E-state index contributed by atoms with van der Waals surface area (Å²) in [5.41, 5.74) is 3.35. The minimum Gasteiger partial charge on any atom is -0.379 e. The van der Waals surface area contributed by atoms with Gasteiger partial charge in [-0.1, -0.05) is 24.3 Å². The summed E-state index contributed by atoms with van der Waals surface area (Å²) in [4.78, 5) is 23.8. The van der Waals surface area contributed by atoms with Gasteiger partial charge in [-0.2, -0.15) is 10.1 Å². The number of amides is 1. The van der Waals surface area contributed by atoms with Gasteiger partial charge in [0, 0.05) is 30.7 Å². The highest BCUT2D eigenvalue weighted by Crippen LogP contribution is 2.26. The van der Waals surface area contributed by atoms with Crippen molar-refractivity contribution < 1.29 is 9.53 Å². The van der Waals surface area contributed by atoms with Crippen LogP contribution in [-0.4, -0.2) is 57.3 Å². The number of halogens is 1. The van der Waals surface area contributed by atoms with E-state index >= 15 is 0 Å². The summed E-state index contributed by atoms with van der Waals surface area (Å²) in [6.07, 6.45) is 1.53. The second-order valence-electron chi connectivity index (χ2n) is 7.68. The topological polar surface area (TPSA) is 108 Å². The van der Waals surface area contributed by atoms with Crippen molar-refractivity contribution in [1.29, 1.82) is 0 Å². The molecule has 1 amide bonds. The lowest BCUT2D eigenvalue weighted by Gasteiger charge is -2.26. The first kappa shape index (κ1) is 21.3.